The minimum atomic E-state index is -0.124. The minimum absolute atomic E-state index is 0. The molecule has 1 aromatic rings. The molecule has 0 amide bonds. The standard InChI is InChI=1S/C9H6ClNO.H3N/c10-5-9(12)8-3-1-7(6-11)2-4-8;/h1-4H,5H2;1H3. The van der Waals surface area contributed by atoms with Gasteiger partial charge in [-0.05, 0) is 12.1 Å². The van der Waals surface area contributed by atoms with Crippen LogP contribution in [0.4, 0.5) is 0 Å². The molecule has 0 radical (unpaired) electrons. The first-order valence-electron chi connectivity index (χ1n) is 3.37. The Labute approximate surface area is 81.5 Å². The van der Waals surface area contributed by atoms with Crippen LogP contribution < -0.4 is 6.15 Å². The predicted molar refractivity (Wildman–Crippen MR) is 51.2 cm³/mol. The summed E-state index contributed by atoms with van der Waals surface area (Å²) in [6.45, 7) is 0. The average Bonchev–Trinajstić information content (AvgIpc) is 2.17. The Balaban J connectivity index is 0.00000144. The van der Waals surface area contributed by atoms with Crippen LogP contribution in [0.25, 0.3) is 0 Å². The summed E-state index contributed by atoms with van der Waals surface area (Å²) in [4.78, 5) is 11.0. The molecule has 0 unspecified atom stereocenters. The maximum atomic E-state index is 11.0. The van der Waals surface area contributed by atoms with E-state index in [1.165, 1.54) is 0 Å². The van der Waals surface area contributed by atoms with Crippen molar-refractivity contribution in [1.82, 2.24) is 6.15 Å². The van der Waals surface area contributed by atoms with E-state index < -0.39 is 0 Å². The fourth-order valence-electron chi connectivity index (χ4n) is 0.808. The Kier molecular flexibility index (Phi) is 4.75. The molecule has 0 spiro atoms. The first-order valence-corrected chi connectivity index (χ1v) is 3.90. The lowest BCUT2D eigenvalue weighted by Gasteiger charge is -1.94. The Morgan fingerprint density at radius 1 is 1.38 bits per heavy atom. The highest BCUT2D eigenvalue weighted by Gasteiger charge is 2.02. The van der Waals surface area contributed by atoms with Crippen LogP contribution in [0.1, 0.15) is 15.9 Å². The molecular formula is C9H9ClN2O. The van der Waals surface area contributed by atoms with Crippen LogP contribution in [-0.2, 0) is 0 Å². The Bertz CT molecular complexity index is 326. The number of ketones is 1. The largest absolute Gasteiger partial charge is 0.344 e. The van der Waals surface area contributed by atoms with Crippen molar-refractivity contribution in [2.24, 2.45) is 0 Å². The zero-order valence-electron chi connectivity index (χ0n) is 6.96. The van der Waals surface area contributed by atoms with Crippen LogP contribution in [0.3, 0.4) is 0 Å². The molecule has 3 nitrogen and oxygen atoms in total. The van der Waals surface area contributed by atoms with Crippen LogP contribution >= 0.6 is 11.6 Å². The van der Waals surface area contributed by atoms with Crippen molar-refractivity contribution >= 4 is 17.4 Å². The van der Waals surface area contributed by atoms with Crippen molar-refractivity contribution in [3.63, 3.8) is 0 Å². The SMILES string of the molecule is N.N#Cc1ccc(C(=O)CCl)cc1. The molecule has 0 bridgehead atoms. The molecule has 0 aliphatic heterocycles. The number of halogens is 1. The van der Waals surface area contributed by atoms with Gasteiger partial charge in [0.2, 0.25) is 0 Å². The molecule has 0 aliphatic carbocycles. The Morgan fingerprint density at radius 2 is 1.92 bits per heavy atom. The summed E-state index contributed by atoms with van der Waals surface area (Å²) < 4.78 is 0. The number of carbonyl (C=O) groups is 1. The maximum absolute atomic E-state index is 11.0. The number of nitrogens with zero attached hydrogens (tertiary/aromatic N) is 1. The van der Waals surface area contributed by atoms with Crippen molar-refractivity contribution in [3.05, 3.63) is 35.4 Å². The summed E-state index contributed by atoms with van der Waals surface area (Å²) in [5.74, 6) is -0.146. The van der Waals surface area contributed by atoms with E-state index in [0.717, 1.165) is 0 Å². The number of benzene rings is 1. The molecule has 0 saturated heterocycles. The van der Waals surface area contributed by atoms with Crippen LogP contribution in [0.15, 0.2) is 24.3 Å². The van der Waals surface area contributed by atoms with Crippen molar-refractivity contribution in [2.75, 3.05) is 5.88 Å². The number of alkyl halides is 1. The highest BCUT2D eigenvalue weighted by atomic mass is 35.5. The van der Waals surface area contributed by atoms with Crippen LogP contribution in [0.5, 0.6) is 0 Å². The number of hydrogen-bond donors (Lipinski definition) is 1. The molecule has 0 aliphatic rings. The fraction of sp³-hybridized carbons (Fsp3) is 0.111. The molecule has 68 valence electrons. The van der Waals surface area contributed by atoms with Crippen molar-refractivity contribution in [2.45, 2.75) is 0 Å². The van der Waals surface area contributed by atoms with Gasteiger partial charge in [0.25, 0.3) is 0 Å². The lowest BCUT2D eigenvalue weighted by atomic mass is 10.1. The molecule has 3 N–H and O–H groups in total. The summed E-state index contributed by atoms with van der Waals surface area (Å²) in [5.41, 5.74) is 1.09. The van der Waals surface area contributed by atoms with E-state index in [9.17, 15) is 4.79 Å². The molecule has 4 heteroatoms. The number of rotatable bonds is 2. The maximum Gasteiger partial charge on any atom is 0.177 e. The Hall–Kier alpha value is -1.37. The summed E-state index contributed by atoms with van der Waals surface area (Å²) in [6, 6.07) is 8.36. The van der Waals surface area contributed by atoms with E-state index >= 15 is 0 Å². The molecule has 13 heavy (non-hydrogen) atoms. The van der Waals surface area contributed by atoms with Gasteiger partial charge in [0.05, 0.1) is 17.5 Å². The van der Waals surface area contributed by atoms with E-state index in [1.807, 2.05) is 6.07 Å². The van der Waals surface area contributed by atoms with Gasteiger partial charge in [0.15, 0.2) is 5.78 Å². The third-order valence-electron chi connectivity index (χ3n) is 1.46. The second kappa shape index (κ2) is 5.31. The molecule has 0 aromatic heterocycles. The number of nitriles is 1. The lowest BCUT2D eigenvalue weighted by molar-refractivity contribution is 0.102. The van der Waals surface area contributed by atoms with E-state index in [2.05, 4.69) is 0 Å². The van der Waals surface area contributed by atoms with E-state index in [-0.39, 0.29) is 17.8 Å². The fourth-order valence-corrected chi connectivity index (χ4v) is 0.962. The highest BCUT2D eigenvalue weighted by Crippen LogP contribution is 2.04. The minimum Gasteiger partial charge on any atom is -0.344 e. The van der Waals surface area contributed by atoms with Gasteiger partial charge < -0.3 is 6.15 Å². The summed E-state index contributed by atoms with van der Waals surface area (Å²) in [6.07, 6.45) is 0. The first kappa shape index (κ1) is 11.6. The zero-order chi connectivity index (χ0) is 8.97. The van der Waals surface area contributed by atoms with Crippen molar-refractivity contribution < 1.29 is 4.79 Å². The number of carbonyl (C=O) groups excluding carboxylic acids is 1. The molecule has 0 fully saturated rings. The summed E-state index contributed by atoms with van der Waals surface area (Å²) in [5, 5.41) is 8.46. The van der Waals surface area contributed by atoms with Gasteiger partial charge in [-0.3, -0.25) is 4.79 Å². The highest BCUT2D eigenvalue weighted by molar-refractivity contribution is 6.30. The zero-order valence-corrected chi connectivity index (χ0v) is 7.71. The van der Waals surface area contributed by atoms with Crippen molar-refractivity contribution in [1.29, 1.82) is 5.26 Å². The van der Waals surface area contributed by atoms with Gasteiger partial charge in [-0.1, -0.05) is 12.1 Å². The van der Waals surface area contributed by atoms with Crippen LogP contribution in [0.2, 0.25) is 0 Å². The molecule has 1 rings (SSSR count). The second-order valence-corrected chi connectivity index (χ2v) is 2.51. The monoisotopic (exact) mass is 196 g/mol. The van der Waals surface area contributed by atoms with Crippen LogP contribution in [0, 0.1) is 11.3 Å². The normalized spacial score (nSPS) is 8.31. The number of Topliss-reactive ketones (excluding diaryl/α,β-unsaturated/α-hetero) is 1. The third kappa shape index (κ3) is 2.86. The average molecular weight is 197 g/mol. The summed E-state index contributed by atoms with van der Waals surface area (Å²) >= 11 is 5.35. The van der Waals surface area contributed by atoms with Gasteiger partial charge in [0.1, 0.15) is 0 Å². The van der Waals surface area contributed by atoms with Gasteiger partial charge in [-0.2, -0.15) is 5.26 Å². The molecular weight excluding hydrogens is 188 g/mol. The second-order valence-electron chi connectivity index (χ2n) is 2.25. The lowest BCUT2D eigenvalue weighted by Crippen LogP contribution is -1.99. The van der Waals surface area contributed by atoms with Gasteiger partial charge >= 0.3 is 0 Å². The predicted octanol–water partition coefficient (Wildman–Crippen LogP) is 2.14. The topological polar surface area (TPSA) is 75.9 Å². The van der Waals surface area contributed by atoms with Crippen LogP contribution in [-0.4, -0.2) is 11.7 Å². The van der Waals surface area contributed by atoms with Gasteiger partial charge in [0, 0.05) is 5.56 Å². The molecule has 0 atom stereocenters. The van der Waals surface area contributed by atoms with Gasteiger partial charge in [-0.25, -0.2) is 0 Å². The molecule has 1 aromatic carbocycles. The molecule has 0 heterocycles. The quantitative estimate of drug-likeness (QED) is 0.582. The van der Waals surface area contributed by atoms with E-state index in [4.69, 9.17) is 16.9 Å². The van der Waals surface area contributed by atoms with E-state index in [1.54, 1.807) is 24.3 Å². The Morgan fingerprint density at radius 3 is 2.31 bits per heavy atom. The third-order valence-corrected chi connectivity index (χ3v) is 1.70. The smallest absolute Gasteiger partial charge is 0.177 e. The van der Waals surface area contributed by atoms with E-state index in [0.29, 0.717) is 11.1 Å². The van der Waals surface area contributed by atoms with Crippen molar-refractivity contribution in [3.8, 4) is 6.07 Å². The van der Waals surface area contributed by atoms with Gasteiger partial charge in [-0.15, -0.1) is 11.6 Å². The number of hydrogen-bond acceptors (Lipinski definition) is 3. The first-order chi connectivity index (χ1) is 5.77. The molecule has 0 saturated carbocycles. The summed E-state index contributed by atoms with van der Waals surface area (Å²) in [7, 11) is 0.